The number of hydrogen-bond donors (Lipinski definition) is 1. The maximum atomic E-state index is 9.47. The molecule has 0 aromatic carbocycles. The van der Waals surface area contributed by atoms with E-state index >= 15 is 0 Å². The van der Waals surface area contributed by atoms with Crippen molar-refractivity contribution in [3.05, 3.63) is 0 Å². The highest BCUT2D eigenvalue weighted by Crippen LogP contribution is 1.69. The lowest BCUT2D eigenvalue weighted by Gasteiger charge is -1.75. The average molecular weight is 107 g/mol. The van der Waals surface area contributed by atoms with Gasteiger partial charge in [-0.25, -0.2) is 0 Å². The van der Waals surface area contributed by atoms with E-state index in [4.69, 9.17) is 0 Å². The van der Waals surface area contributed by atoms with Crippen LogP contribution in [0.4, 0.5) is 4.79 Å². The van der Waals surface area contributed by atoms with Crippen LogP contribution in [-0.4, -0.2) is 11.8 Å². The third-order valence-electron chi connectivity index (χ3n) is 0.172. The van der Waals surface area contributed by atoms with E-state index in [9.17, 15) is 9.59 Å². The summed E-state index contributed by atoms with van der Waals surface area (Å²) in [5, 5.41) is 0.798. The van der Waals surface area contributed by atoms with Gasteiger partial charge < -0.3 is 0 Å². The zero-order chi connectivity index (χ0) is 4.99. The molecule has 34 valence electrons. The van der Waals surface area contributed by atoms with Crippen LogP contribution in [0.2, 0.25) is 0 Å². The largest absolute Gasteiger partial charge is 0.320 e. The van der Waals surface area contributed by atoms with E-state index in [0.717, 1.165) is 0 Å². The lowest BCUT2D eigenvalue weighted by atomic mass is 11.2. The number of rotatable bonds is 1. The van der Waals surface area contributed by atoms with Crippen LogP contribution in [0.1, 0.15) is 0 Å². The maximum absolute atomic E-state index is 9.47. The second-order valence-corrected chi connectivity index (χ2v) is 0.879. The Bertz CT molecular complexity index is 71.9. The molecule has 0 aliphatic carbocycles. The molecular formula is C2H2ClNO2. The first-order chi connectivity index (χ1) is 2.77. The standard InChI is InChI=1S/C2H2ClNO2/c3-2(6)4-1-5/h1H,(H,4,5,6). The Morgan fingerprint density at radius 2 is 2.33 bits per heavy atom. The van der Waals surface area contributed by atoms with E-state index in [-0.39, 0.29) is 6.41 Å². The average Bonchev–Trinajstić information content (AvgIpc) is 1.35. The van der Waals surface area contributed by atoms with Crippen LogP contribution in [0, 0.1) is 0 Å². The second kappa shape index (κ2) is 2.66. The molecule has 0 aliphatic rings. The van der Waals surface area contributed by atoms with Crippen molar-refractivity contribution in [1.29, 1.82) is 0 Å². The van der Waals surface area contributed by atoms with Crippen LogP contribution >= 0.6 is 11.6 Å². The molecule has 0 spiro atoms. The summed E-state index contributed by atoms with van der Waals surface area (Å²) in [6, 6.07) is 0. The molecule has 0 saturated heterocycles. The van der Waals surface area contributed by atoms with Gasteiger partial charge in [-0.3, -0.25) is 14.9 Å². The van der Waals surface area contributed by atoms with Crippen molar-refractivity contribution in [1.82, 2.24) is 5.32 Å². The fourth-order valence-electron chi connectivity index (χ4n) is 0.0463. The van der Waals surface area contributed by atoms with Gasteiger partial charge in [0.2, 0.25) is 6.41 Å². The van der Waals surface area contributed by atoms with Crippen LogP contribution in [0.3, 0.4) is 0 Å². The molecule has 0 rings (SSSR count). The van der Waals surface area contributed by atoms with Gasteiger partial charge in [-0.15, -0.1) is 0 Å². The third kappa shape index (κ3) is 3.43. The Kier molecular flexibility index (Phi) is 2.40. The molecule has 6 heavy (non-hydrogen) atoms. The SMILES string of the molecule is O=CNC(=O)Cl. The fraction of sp³-hybridized carbons (Fsp3) is 0. The highest BCUT2D eigenvalue weighted by Gasteiger charge is 1.83. The smallest absolute Gasteiger partial charge is 0.285 e. The zero-order valence-electron chi connectivity index (χ0n) is 2.77. The van der Waals surface area contributed by atoms with Gasteiger partial charge >= 0.3 is 5.37 Å². The molecule has 0 aromatic heterocycles. The van der Waals surface area contributed by atoms with E-state index in [1.54, 1.807) is 5.32 Å². The lowest BCUT2D eigenvalue weighted by molar-refractivity contribution is -0.108. The van der Waals surface area contributed by atoms with Gasteiger partial charge in [0.1, 0.15) is 0 Å². The van der Waals surface area contributed by atoms with Gasteiger partial charge in [-0.1, -0.05) is 0 Å². The van der Waals surface area contributed by atoms with Gasteiger partial charge in [0, 0.05) is 0 Å². The summed E-state index contributed by atoms with van der Waals surface area (Å²) < 4.78 is 0. The van der Waals surface area contributed by atoms with E-state index in [0.29, 0.717) is 0 Å². The summed E-state index contributed by atoms with van der Waals surface area (Å²) in [6.07, 6.45) is 0.218. The van der Waals surface area contributed by atoms with Crippen molar-refractivity contribution < 1.29 is 9.59 Å². The third-order valence-corrected chi connectivity index (χ3v) is 0.282. The first-order valence-corrected chi connectivity index (χ1v) is 1.55. The van der Waals surface area contributed by atoms with Crippen LogP contribution < -0.4 is 5.32 Å². The van der Waals surface area contributed by atoms with Crippen molar-refractivity contribution in [2.24, 2.45) is 0 Å². The highest BCUT2D eigenvalue weighted by atomic mass is 35.5. The van der Waals surface area contributed by atoms with Crippen molar-refractivity contribution in [3.8, 4) is 0 Å². The molecule has 0 bridgehead atoms. The first kappa shape index (κ1) is 5.43. The topological polar surface area (TPSA) is 46.2 Å². The Labute approximate surface area is 39.3 Å². The number of carbonyl (C=O) groups is 2. The normalized spacial score (nSPS) is 6.83. The number of carbonyl (C=O) groups excluding carboxylic acids is 2. The number of amides is 2. The molecule has 2 amide bonds. The molecular weight excluding hydrogens is 105 g/mol. The molecule has 4 heteroatoms. The first-order valence-electron chi connectivity index (χ1n) is 1.17. The molecule has 0 radical (unpaired) electrons. The minimum absolute atomic E-state index is 0.218. The van der Waals surface area contributed by atoms with E-state index in [1.807, 2.05) is 0 Å². The van der Waals surface area contributed by atoms with Gasteiger partial charge in [-0.05, 0) is 11.6 Å². The molecule has 0 heterocycles. The minimum atomic E-state index is -0.856. The number of hydrogen-bond acceptors (Lipinski definition) is 2. The number of nitrogens with one attached hydrogen (secondary N) is 1. The predicted octanol–water partition coefficient (Wildman–Crippen LogP) is 0.0912. The van der Waals surface area contributed by atoms with E-state index in [1.165, 1.54) is 0 Å². The summed E-state index contributed by atoms with van der Waals surface area (Å²) in [5.41, 5.74) is 0. The zero-order valence-corrected chi connectivity index (χ0v) is 3.53. The fourth-order valence-corrected chi connectivity index (χ4v) is 0.0909. The van der Waals surface area contributed by atoms with Crippen LogP contribution in [0.5, 0.6) is 0 Å². The Balaban J connectivity index is 3.05. The maximum Gasteiger partial charge on any atom is 0.320 e. The molecule has 0 unspecified atom stereocenters. The summed E-state index contributed by atoms with van der Waals surface area (Å²) in [4.78, 5) is 18.7. The molecule has 0 fully saturated rings. The Hall–Kier alpha value is -0.570. The minimum Gasteiger partial charge on any atom is -0.285 e. The Morgan fingerprint density at radius 3 is 2.33 bits per heavy atom. The van der Waals surface area contributed by atoms with Crippen LogP contribution in [0.25, 0.3) is 0 Å². The van der Waals surface area contributed by atoms with Crippen molar-refractivity contribution >= 4 is 23.4 Å². The molecule has 0 aliphatic heterocycles. The van der Waals surface area contributed by atoms with Gasteiger partial charge in [0.05, 0.1) is 0 Å². The Morgan fingerprint density at radius 1 is 1.83 bits per heavy atom. The van der Waals surface area contributed by atoms with Gasteiger partial charge in [0.25, 0.3) is 0 Å². The van der Waals surface area contributed by atoms with Crippen LogP contribution in [0.15, 0.2) is 0 Å². The van der Waals surface area contributed by atoms with Gasteiger partial charge in [-0.2, -0.15) is 0 Å². The second-order valence-electron chi connectivity index (χ2n) is 0.536. The van der Waals surface area contributed by atoms with Crippen molar-refractivity contribution in [2.75, 3.05) is 0 Å². The van der Waals surface area contributed by atoms with Crippen molar-refractivity contribution in [2.45, 2.75) is 0 Å². The summed E-state index contributed by atoms with van der Waals surface area (Å²) in [5.74, 6) is 0. The summed E-state index contributed by atoms with van der Waals surface area (Å²) in [7, 11) is 0. The molecule has 3 nitrogen and oxygen atoms in total. The van der Waals surface area contributed by atoms with E-state index in [2.05, 4.69) is 11.6 Å². The highest BCUT2D eigenvalue weighted by molar-refractivity contribution is 6.63. The molecule has 0 saturated carbocycles. The van der Waals surface area contributed by atoms with Gasteiger partial charge in [0.15, 0.2) is 0 Å². The molecule has 0 aromatic rings. The molecule has 1 N–H and O–H groups in total. The quantitative estimate of drug-likeness (QED) is 0.293. The predicted molar refractivity (Wildman–Crippen MR) is 20.4 cm³/mol. The number of halogens is 1. The molecule has 0 atom stereocenters. The monoisotopic (exact) mass is 107 g/mol. The summed E-state index contributed by atoms with van der Waals surface area (Å²) in [6.45, 7) is 0. The van der Waals surface area contributed by atoms with Crippen LogP contribution in [-0.2, 0) is 4.79 Å². The lowest BCUT2D eigenvalue weighted by Crippen LogP contribution is -2.12. The number of imide groups is 1. The van der Waals surface area contributed by atoms with E-state index < -0.39 is 5.37 Å². The van der Waals surface area contributed by atoms with Crippen molar-refractivity contribution in [3.63, 3.8) is 0 Å². The summed E-state index contributed by atoms with van der Waals surface area (Å²) >= 11 is 4.60.